The van der Waals surface area contributed by atoms with Gasteiger partial charge in [-0.25, -0.2) is 0 Å². The van der Waals surface area contributed by atoms with E-state index in [1.807, 2.05) is 13.8 Å². The second-order valence-electron chi connectivity index (χ2n) is 6.81. The maximum Gasteiger partial charge on any atom is 0.307 e. The summed E-state index contributed by atoms with van der Waals surface area (Å²) in [6.45, 7) is 7.26. The first kappa shape index (κ1) is 17.0. The Bertz CT molecular complexity index is 652. The summed E-state index contributed by atoms with van der Waals surface area (Å²) in [4.78, 5) is 35.4. The van der Waals surface area contributed by atoms with E-state index in [9.17, 15) is 14.4 Å². The minimum Gasteiger partial charge on any atom is -0.481 e. The predicted molar refractivity (Wildman–Crippen MR) is 86.1 cm³/mol. The fourth-order valence-corrected chi connectivity index (χ4v) is 2.89. The Morgan fingerprint density at radius 2 is 1.83 bits per heavy atom. The van der Waals surface area contributed by atoms with Gasteiger partial charge in [-0.3, -0.25) is 14.4 Å². The van der Waals surface area contributed by atoms with Gasteiger partial charge < -0.3 is 15.7 Å². The SMILES string of the molecule is CC(C)NC(=O)c1cccc(NC(=O)C2C(C(=O)O)C2(C)C)c1. The van der Waals surface area contributed by atoms with Gasteiger partial charge in [0, 0.05) is 17.3 Å². The lowest BCUT2D eigenvalue weighted by molar-refractivity contribution is -0.140. The molecule has 124 valence electrons. The molecule has 3 N–H and O–H groups in total. The minimum absolute atomic E-state index is 0.0179. The molecule has 0 aromatic heterocycles. The number of hydrogen-bond acceptors (Lipinski definition) is 3. The van der Waals surface area contributed by atoms with Crippen LogP contribution in [0.3, 0.4) is 0 Å². The molecule has 0 saturated heterocycles. The van der Waals surface area contributed by atoms with Crippen LogP contribution in [0.2, 0.25) is 0 Å². The van der Waals surface area contributed by atoms with Gasteiger partial charge in [0.15, 0.2) is 0 Å². The molecule has 6 nitrogen and oxygen atoms in total. The fraction of sp³-hybridized carbons (Fsp3) is 0.471. The summed E-state index contributed by atoms with van der Waals surface area (Å²) in [7, 11) is 0. The Morgan fingerprint density at radius 1 is 1.17 bits per heavy atom. The number of aliphatic carboxylic acids is 1. The van der Waals surface area contributed by atoms with Crippen molar-refractivity contribution in [3.63, 3.8) is 0 Å². The van der Waals surface area contributed by atoms with Gasteiger partial charge in [-0.1, -0.05) is 19.9 Å². The molecule has 2 amide bonds. The molecule has 0 aliphatic heterocycles. The number of anilines is 1. The van der Waals surface area contributed by atoms with Crippen LogP contribution < -0.4 is 10.6 Å². The average Bonchev–Trinajstić information content (AvgIpc) is 3.01. The van der Waals surface area contributed by atoms with E-state index < -0.39 is 23.2 Å². The fourth-order valence-electron chi connectivity index (χ4n) is 2.89. The van der Waals surface area contributed by atoms with Gasteiger partial charge in [0.25, 0.3) is 5.91 Å². The summed E-state index contributed by atoms with van der Waals surface area (Å²) < 4.78 is 0. The molecule has 23 heavy (non-hydrogen) atoms. The second kappa shape index (κ2) is 6.02. The molecule has 2 rings (SSSR count). The van der Waals surface area contributed by atoms with E-state index in [0.717, 1.165) is 0 Å². The monoisotopic (exact) mass is 318 g/mol. The zero-order valence-electron chi connectivity index (χ0n) is 13.7. The normalized spacial score (nSPS) is 21.6. The van der Waals surface area contributed by atoms with Crippen LogP contribution in [-0.4, -0.2) is 28.9 Å². The number of carboxylic acids is 1. The lowest BCUT2D eigenvalue weighted by atomic mass is 10.1. The number of amides is 2. The molecule has 1 saturated carbocycles. The molecule has 0 radical (unpaired) electrons. The maximum absolute atomic E-state index is 12.3. The molecule has 0 spiro atoms. The molecule has 1 aromatic carbocycles. The van der Waals surface area contributed by atoms with E-state index in [0.29, 0.717) is 11.3 Å². The highest BCUT2D eigenvalue weighted by atomic mass is 16.4. The summed E-state index contributed by atoms with van der Waals surface area (Å²) in [5.74, 6) is -2.74. The Kier molecular flexibility index (Phi) is 4.45. The third-order valence-corrected chi connectivity index (χ3v) is 4.19. The quantitative estimate of drug-likeness (QED) is 0.775. The molecule has 2 unspecified atom stereocenters. The lowest BCUT2D eigenvalue weighted by Gasteiger charge is -2.10. The number of carboxylic acid groups (broad SMARTS) is 1. The first-order valence-electron chi connectivity index (χ1n) is 7.59. The third-order valence-electron chi connectivity index (χ3n) is 4.19. The zero-order valence-corrected chi connectivity index (χ0v) is 13.7. The molecule has 2 atom stereocenters. The Morgan fingerprint density at radius 3 is 2.35 bits per heavy atom. The standard InChI is InChI=1S/C17H22N2O4/c1-9(2)18-14(20)10-6-5-7-11(8-10)19-15(21)12-13(16(22)23)17(12,3)4/h5-9,12-13H,1-4H3,(H,18,20)(H,19,21)(H,22,23). The highest BCUT2D eigenvalue weighted by molar-refractivity contribution is 6.01. The lowest BCUT2D eigenvalue weighted by Crippen LogP contribution is -2.30. The Balaban J connectivity index is 2.08. The molecule has 0 bridgehead atoms. The number of nitrogens with one attached hydrogen (secondary N) is 2. The molecular formula is C17H22N2O4. The summed E-state index contributed by atoms with van der Waals surface area (Å²) in [6, 6.07) is 6.62. The van der Waals surface area contributed by atoms with Gasteiger partial charge >= 0.3 is 5.97 Å². The first-order chi connectivity index (χ1) is 10.6. The van der Waals surface area contributed by atoms with Crippen LogP contribution in [0.1, 0.15) is 38.1 Å². The molecular weight excluding hydrogens is 296 g/mol. The van der Waals surface area contributed by atoms with Gasteiger partial charge in [0.05, 0.1) is 11.8 Å². The number of carbonyl (C=O) groups excluding carboxylic acids is 2. The van der Waals surface area contributed by atoms with Crippen molar-refractivity contribution in [2.45, 2.75) is 33.7 Å². The Labute approximate surface area is 135 Å². The first-order valence-corrected chi connectivity index (χ1v) is 7.59. The van der Waals surface area contributed by atoms with Gasteiger partial charge in [-0.2, -0.15) is 0 Å². The van der Waals surface area contributed by atoms with E-state index in [2.05, 4.69) is 10.6 Å². The highest BCUT2D eigenvalue weighted by Crippen LogP contribution is 2.58. The van der Waals surface area contributed by atoms with Crippen molar-refractivity contribution in [1.82, 2.24) is 5.32 Å². The molecule has 1 fully saturated rings. The van der Waals surface area contributed by atoms with Crippen molar-refractivity contribution in [3.05, 3.63) is 29.8 Å². The van der Waals surface area contributed by atoms with E-state index >= 15 is 0 Å². The molecule has 1 aromatic rings. The number of hydrogen-bond donors (Lipinski definition) is 3. The highest BCUT2D eigenvalue weighted by Gasteiger charge is 2.65. The van der Waals surface area contributed by atoms with Gasteiger partial charge in [-0.05, 0) is 37.5 Å². The molecule has 1 aliphatic rings. The van der Waals surface area contributed by atoms with E-state index in [1.165, 1.54) is 0 Å². The van der Waals surface area contributed by atoms with Gasteiger partial charge in [0.2, 0.25) is 5.91 Å². The van der Waals surface area contributed by atoms with Crippen molar-refractivity contribution in [2.75, 3.05) is 5.32 Å². The summed E-state index contributed by atoms with van der Waals surface area (Å²) in [5, 5.41) is 14.6. The van der Waals surface area contributed by atoms with Crippen molar-refractivity contribution >= 4 is 23.5 Å². The van der Waals surface area contributed by atoms with Crippen molar-refractivity contribution < 1.29 is 19.5 Å². The van der Waals surface area contributed by atoms with Gasteiger partial charge in [-0.15, -0.1) is 0 Å². The minimum atomic E-state index is -0.958. The number of carbonyl (C=O) groups is 3. The van der Waals surface area contributed by atoms with Crippen LogP contribution in [0.5, 0.6) is 0 Å². The summed E-state index contributed by atoms with van der Waals surface area (Å²) in [6.07, 6.45) is 0. The number of benzene rings is 1. The maximum atomic E-state index is 12.3. The van der Waals surface area contributed by atoms with E-state index in [4.69, 9.17) is 5.11 Å². The van der Waals surface area contributed by atoms with Crippen molar-refractivity contribution in [3.8, 4) is 0 Å². The van der Waals surface area contributed by atoms with Crippen LogP contribution in [0, 0.1) is 17.3 Å². The summed E-state index contributed by atoms with van der Waals surface area (Å²) in [5.41, 5.74) is 0.377. The van der Waals surface area contributed by atoms with Crippen LogP contribution in [0.25, 0.3) is 0 Å². The van der Waals surface area contributed by atoms with Crippen LogP contribution in [0.15, 0.2) is 24.3 Å². The van der Waals surface area contributed by atoms with Crippen LogP contribution in [-0.2, 0) is 9.59 Å². The van der Waals surface area contributed by atoms with Crippen LogP contribution >= 0.6 is 0 Å². The van der Waals surface area contributed by atoms with E-state index in [1.54, 1.807) is 38.1 Å². The molecule has 0 heterocycles. The second-order valence-corrected chi connectivity index (χ2v) is 6.81. The van der Waals surface area contributed by atoms with Gasteiger partial charge in [0.1, 0.15) is 0 Å². The molecule has 1 aliphatic carbocycles. The van der Waals surface area contributed by atoms with Crippen molar-refractivity contribution in [1.29, 1.82) is 0 Å². The topological polar surface area (TPSA) is 95.5 Å². The van der Waals surface area contributed by atoms with E-state index in [-0.39, 0.29) is 17.9 Å². The Hall–Kier alpha value is -2.37. The third kappa shape index (κ3) is 3.52. The largest absolute Gasteiger partial charge is 0.481 e. The molecule has 6 heteroatoms. The average molecular weight is 318 g/mol. The van der Waals surface area contributed by atoms with Crippen LogP contribution in [0.4, 0.5) is 5.69 Å². The smallest absolute Gasteiger partial charge is 0.307 e. The zero-order chi connectivity index (χ0) is 17.4. The number of rotatable bonds is 5. The predicted octanol–water partition coefficient (Wildman–Crippen LogP) is 2.12. The van der Waals surface area contributed by atoms with Crippen molar-refractivity contribution in [2.24, 2.45) is 17.3 Å². The summed E-state index contributed by atoms with van der Waals surface area (Å²) >= 11 is 0.